The van der Waals surface area contributed by atoms with Gasteiger partial charge in [0.2, 0.25) is 0 Å². The van der Waals surface area contributed by atoms with Gasteiger partial charge in [0.15, 0.2) is 5.54 Å². The van der Waals surface area contributed by atoms with Crippen LogP contribution in [-0.4, -0.2) is 37.6 Å². The number of imide groups is 1. The molecule has 1 aromatic rings. The first kappa shape index (κ1) is 11.6. The van der Waals surface area contributed by atoms with Crippen LogP contribution in [0.1, 0.15) is 5.56 Å². The Balaban J connectivity index is 2.53. The molecule has 1 heterocycles. The van der Waals surface area contributed by atoms with E-state index in [1.165, 1.54) is 12.0 Å². The molecule has 3 amide bonds. The van der Waals surface area contributed by atoms with E-state index in [1.807, 2.05) is 30.3 Å². The summed E-state index contributed by atoms with van der Waals surface area (Å²) in [6, 6.07) is 8.74. The maximum Gasteiger partial charge on any atom is 0.325 e. The normalized spacial score (nSPS) is 24.0. The number of amides is 3. The van der Waals surface area contributed by atoms with Gasteiger partial charge in [-0.05, 0) is 5.56 Å². The predicted molar refractivity (Wildman–Crippen MR) is 61.3 cm³/mol. The zero-order chi connectivity index (χ0) is 12.5. The number of carbonyl (C=O) groups is 2. The van der Waals surface area contributed by atoms with E-state index < -0.39 is 11.6 Å². The second kappa shape index (κ2) is 4.18. The molecule has 0 saturated carbocycles. The monoisotopic (exact) mass is 234 g/mol. The number of hydrogen-bond acceptors (Lipinski definition) is 3. The van der Waals surface area contributed by atoms with Gasteiger partial charge in [-0.3, -0.25) is 10.1 Å². The number of nitrogens with one attached hydrogen (secondary N) is 1. The second-order valence-corrected chi connectivity index (χ2v) is 3.98. The van der Waals surface area contributed by atoms with Crippen LogP contribution in [0, 0.1) is 0 Å². The summed E-state index contributed by atoms with van der Waals surface area (Å²) in [4.78, 5) is 25.0. The van der Waals surface area contributed by atoms with Gasteiger partial charge < -0.3 is 9.64 Å². The lowest BCUT2D eigenvalue weighted by Crippen LogP contribution is -2.48. The Morgan fingerprint density at radius 2 is 1.94 bits per heavy atom. The standard InChI is InChI=1S/C12H14N2O3/c1-14-11(16)13-10(15)12(14,8-17-2)9-6-4-3-5-7-9/h3-7H,8H2,1-2H3,(H,13,15,16)/t12-/m0/s1. The van der Waals surface area contributed by atoms with E-state index in [0.717, 1.165) is 5.56 Å². The highest BCUT2D eigenvalue weighted by Crippen LogP contribution is 2.32. The summed E-state index contributed by atoms with van der Waals surface area (Å²) in [6.07, 6.45) is 0. The van der Waals surface area contributed by atoms with E-state index in [-0.39, 0.29) is 12.5 Å². The molecular weight excluding hydrogens is 220 g/mol. The lowest BCUT2D eigenvalue weighted by atomic mass is 9.89. The van der Waals surface area contributed by atoms with Gasteiger partial charge in [-0.25, -0.2) is 4.79 Å². The summed E-state index contributed by atoms with van der Waals surface area (Å²) in [5.74, 6) is -0.349. The third kappa shape index (κ3) is 1.59. The Kier molecular flexibility index (Phi) is 2.85. The van der Waals surface area contributed by atoms with Crippen molar-refractivity contribution in [3.63, 3.8) is 0 Å². The number of hydrogen-bond donors (Lipinski definition) is 1. The van der Waals surface area contributed by atoms with E-state index in [4.69, 9.17) is 4.74 Å². The summed E-state index contributed by atoms with van der Waals surface area (Å²) in [5, 5.41) is 2.31. The van der Waals surface area contributed by atoms with Gasteiger partial charge in [0.05, 0.1) is 6.61 Å². The molecule has 1 saturated heterocycles. The van der Waals surface area contributed by atoms with Crippen molar-refractivity contribution < 1.29 is 14.3 Å². The van der Waals surface area contributed by atoms with Gasteiger partial charge in [0.1, 0.15) is 0 Å². The highest BCUT2D eigenvalue weighted by molar-refractivity contribution is 6.07. The average Bonchev–Trinajstić information content (AvgIpc) is 2.55. The smallest absolute Gasteiger partial charge is 0.325 e. The number of benzene rings is 1. The van der Waals surface area contributed by atoms with Crippen LogP contribution < -0.4 is 5.32 Å². The molecule has 1 aliphatic heterocycles. The van der Waals surface area contributed by atoms with Crippen molar-refractivity contribution in [3.8, 4) is 0 Å². The lowest BCUT2D eigenvalue weighted by molar-refractivity contribution is -0.129. The topological polar surface area (TPSA) is 58.6 Å². The Morgan fingerprint density at radius 1 is 1.29 bits per heavy atom. The highest BCUT2D eigenvalue weighted by atomic mass is 16.5. The van der Waals surface area contributed by atoms with Gasteiger partial charge in [-0.1, -0.05) is 30.3 Å². The van der Waals surface area contributed by atoms with Crippen LogP contribution >= 0.6 is 0 Å². The Hall–Kier alpha value is -1.88. The largest absolute Gasteiger partial charge is 0.381 e. The van der Waals surface area contributed by atoms with E-state index in [0.29, 0.717) is 0 Å². The SMILES string of the molecule is COC[C@]1(c2ccccc2)C(=O)NC(=O)N1C. The van der Waals surface area contributed by atoms with Gasteiger partial charge in [-0.2, -0.15) is 0 Å². The zero-order valence-electron chi connectivity index (χ0n) is 9.77. The van der Waals surface area contributed by atoms with Crippen LogP contribution in [0.15, 0.2) is 30.3 Å². The molecule has 1 aliphatic rings. The first-order chi connectivity index (χ1) is 8.13. The number of carbonyl (C=O) groups excluding carboxylic acids is 2. The first-order valence-corrected chi connectivity index (χ1v) is 5.26. The molecular formula is C12H14N2O3. The van der Waals surface area contributed by atoms with Crippen molar-refractivity contribution in [2.75, 3.05) is 20.8 Å². The van der Waals surface area contributed by atoms with Crippen molar-refractivity contribution in [2.24, 2.45) is 0 Å². The van der Waals surface area contributed by atoms with Crippen molar-refractivity contribution in [1.82, 2.24) is 10.2 Å². The Morgan fingerprint density at radius 3 is 2.41 bits per heavy atom. The third-order valence-corrected chi connectivity index (χ3v) is 3.08. The summed E-state index contributed by atoms with van der Waals surface area (Å²) >= 11 is 0. The molecule has 17 heavy (non-hydrogen) atoms. The minimum absolute atomic E-state index is 0.130. The number of methoxy groups -OCH3 is 1. The summed E-state index contributed by atoms with van der Waals surface area (Å²) in [5.41, 5.74) is -0.319. The summed E-state index contributed by atoms with van der Waals surface area (Å²) < 4.78 is 5.12. The molecule has 1 fully saturated rings. The molecule has 0 unspecified atom stereocenters. The van der Waals surface area contributed by atoms with Crippen LogP contribution in [0.2, 0.25) is 0 Å². The van der Waals surface area contributed by atoms with Crippen LogP contribution in [-0.2, 0) is 15.1 Å². The van der Waals surface area contributed by atoms with Gasteiger partial charge in [0.25, 0.3) is 5.91 Å². The fourth-order valence-electron chi connectivity index (χ4n) is 2.10. The number of nitrogens with zero attached hydrogens (tertiary/aromatic N) is 1. The van der Waals surface area contributed by atoms with Gasteiger partial charge >= 0.3 is 6.03 Å². The Labute approximate surface area is 99.4 Å². The molecule has 0 bridgehead atoms. The van der Waals surface area contributed by atoms with E-state index in [2.05, 4.69) is 5.32 Å². The van der Waals surface area contributed by atoms with Crippen LogP contribution in [0.4, 0.5) is 4.79 Å². The van der Waals surface area contributed by atoms with Crippen LogP contribution in [0.5, 0.6) is 0 Å². The minimum Gasteiger partial charge on any atom is -0.381 e. The molecule has 1 aromatic carbocycles. The molecule has 0 aromatic heterocycles. The molecule has 0 aliphatic carbocycles. The minimum atomic E-state index is -1.06. The fourth-order valence-corrected chi connectivity index (χ4v) is 2.10. The molecule has 2 rings (SSSR count). The zero-order valence-corrected chi connectivity index (χ0v) is 9.77. The summed E-state index contributed by atoms with van der Waals surface area (Å²) in [6.45, 7) is 0.130. The van der Waals surface area contributed by atoms with Crippen molar-refractivity contribution >= 4 is 11.9 Å². The molecule has 1 N–H and O–H groups in total. The third-order valence-electron chi connectivity index (χ3n) is 3.08. The van der Waals surface area contributed by atoms with Crippen LogP contribution in [0.3, 0.4) is 0 Å². The molecule has 0 radical (unpaired) electrons. The van der Waals surface area contributed by atoms with E-state index >= 15 is 0 Å². The average molecular weight is 234 g/mol. The number of rotatable bonds is 3. The number of likely N-dealkylation sites (N-methyl/N-ethyl adjacent to an activating group) is 1. The summed E-state index contributed by atoms with van der Waals surface area (Å²) in [7, 11) is 3.10. The quantitative estimate of drug-likeness (QED) is 0.783. The first-order valence-electron chi connectivity index (χ1n) is 5.26. The van der Waals surface area contributed by atoms with Crippen molar-refractivity contribution in [3.05, 3.63) is 35.9 Å². The Bertz CT molecular complexity index is 446. The molecule has 90 valence electrons. The molecule has 5 nitrogen and oxygen atoms in total. The maximum atomic E-state index is 12.1. The van der Waals surface area contributed by atoms with Gasteiger partial charge in [-0.15, -0.1) is 0 Å². The lowest BCUT2D eigenvalue weighted by Gasteiger charge is -2.32. The van der Waals surface area contributed by atoms with Crippen LogP contribution in [0.25, 0.3) is 0 Å². The van der Waals surface area contributed by atoms with Crippen molar-refractivity contribution in [1.29, 1.82) is 0 Å². The van der Waals surface area contributed by atoms with E-state index in [1.54, 1.807) is 7.05 Å². The highest BCUT2D eigenvalue weighted by Gasteiger charge is 2.52. The maximum absolute atomic E-state index is 12.1. The second-order valence-electron chi connectivity index (χ2n) is 3.98. The number of ether oxygens (including phenoxy) is 1. The van der Waals surface area contributed by atoms with E-state index in [9.17, 15) is 9.59 Å². The predicted octanol–water partition coefficient (Wildman–Crippen LogP) is 0.710. The van der Waals surface area contributed by atoms with Crippen molar-refractivity contribution in [2.45, 2.75) is 5.54 Å². The molecule has 0 spiro atoms. The number of urea groups is 1. The van der Waals surface area contributed by atoms with Gasteiger partial charge in [0, 0.05) is 14.2 Å². The fraction of sp³-hybridized carbons (Fsp3) is 0.333. The molecule has 1 atom stereocenters. The molecule has 5 heteroatoms.